The van der Waals surface area contributed by atoms with Crippen molar-refractivity contribution >= 4 is 30.9 Å². The average Bonchev–Trinajstić information content (AvgIpc) is 2.89. The molecule has 0 aliphatic carbocycles. The van der Waals surface area contributed by atoms with E-state index in [4.69, 9.17) is 4.43 Å². The Hall–Kier alpha value is -1.33. The number of halogens is 18. The van der Waals surface area contributed by atoms with Crippen molar-refractivity contribution in [3.05, 3.63) is 31.2 Å². The molecule has 0 fully saturated rings. The van der Waals surface area contributed by atoms with Crippen LogP contribution in [0, 0.1) is 10.6 Å². The summed E-state index contributed by atoms with van der Waals surface area (Å²) in [5.41, 5.74) is -2.03. The molecule has 0 bridgehead atoms. The summed E-state index contributed by atoms with van der Waals surface area (Å²) in [6.45, 7) is 8.23. The summed E-state index contributed by atoms with van der Waals surface area (Å²) in [6, 6.07) is 0.121. The van der Waals surface area contributed by atoms with Crippen LogP contribution in [-0.4, -0.2) is 60.9 Å². The number of aromatic amines is 1. The molecule has 1 atom stereocenters. The van der Waals surface area contributed by atoms with E-state index in [1.165, 1.54) is 47.6 Å². The van der Waals surface area contributed by atoms with Crippen molar-refractivity contribution in [3.8, 4) is 0 Å². The van der Waals surface area contributed by atoms with E-state index in [9.17, 15) is 79.4 Å². The largest absolute Gasteiger partial charge is 0.460 e. The van der Waals surface area contributed by atoms with Crippen LogP contribution >= 0.6 is 22.6 Å². The van der Waals surface area contributed by atoms with Gasteiger partial charge in [-0.15, -0.1) is 0 Å². The van der Waals surface area contributed by atoms with Crippen molar-refractivity contribution < 1.29 is 79.1 Å². The van der Waals surface area contributed by atoms with Crippen LogP contribution in [0.3, 0.4) is 0 Å². The molecule has 0 spiro atoms. The van der Waals surface area contributed by atoms with Gasteiger partial charge in [-0.05, 0) is 64.7 Å². The molecule has 1 rings (SSSR count). The van der Waals surface area contributed by atoms with Gasteiger partial charge >= 0.3 is 47.6 Å². The summed E-state index contributed by atoms with van der Waals surface area (Å²) < 4.78 is 240. The Kier molecular flexibility index (Phi) is 12.5. The fourth-order valence-electron chi connectivity index (χ4n) is 4.86. The Morgan fingerprint density at radius 2 is 1.11 bits per heavy atom. The monoisotopic (exact) mass is 853 g/mol. The van der Waals surface area contributed by atoms with Crippen molar-refractivity contribution in [1.82, 2.24) is 4.98 Å². The van der Waals surface area contributed by atoms with Crippen molar-refractivity contribution in [3.63, 3.8) is 0 Å². The van der Waals surface area contributed by atoms with Gasteiger partial charge in [-0.1, -0.05) is 34.6 Å². The Morgan fingerprint density at radius 1 is 0.723 bits per heavy atom. The highest BCUT2D eigenvalue weighted by Crippen LogP contribution is 2.64. The van der Waals surface area contributed by atoms with Gasteiger partial charge in [-0.3, -0.25) is 4.79 Å². The minimum atomic E-state index is -8.67. The average molecular weight is 853 g/mol. The Labute approximate surface area is 271 Å². The van der Waals surface area contributed by atoms with Gasteiger partial charge in [0.15, 0.2) is 8.32 Å². The van der Waals surface area contributed by atoms with Crippen LogP contribution in [-0.2, 0) is 4.43 Å². The van der Waals surface area contributed by atoms with Crippen LogP contribution in [0.1, 0.15) is 64.7 Å². The minimum Gasteiger partial charge on any atom is -0.409 e. The number of rotatable bonds is 15. The van der Waals surface area contributed by atoms with E-state index in [2.05, 4.69) is 4.98 Å². The maximum absolute atomic E-state index is 14.9. The maximum Gasteiger partial charge on any atom is 0.460 e. The molecule has 1 aromatic heterocycles. The van der Waals surface area contributed by atoms with Gasteiger partial charge in [0.2, 0.25) is 0 Å². The minimum absolute atomic E-state index is 0.0112. The van der Waals surface area contributed by atoms with Gasteiger partial charge < -0.3 is 9.41 Å². The lowest BCUT2D eigenvalue weighted by molar-refractivity contribution is -0.461. The van der Waals surface area contributed by atoms with E-state index in [0.717, 1.165) is 0 Å². The first kappa shape index (κ1) is 43.7. The zero-order valence-electron chi connectivity index (χ0n) is 25.1. The lowest BCUT2D eigenvalue weighted by atomic mass is 9.88. The zero-order valence-corrected chi connectivity index (χ0v) is 28.2. The zero-order chi connectivity index (χ0) is 37.8. The van der Waals surface area contributed by atoms with Crippen LogP contribution in [0.5, 0.6) is 0 Å². The molecule has 0 amide bonds. The normalized spacial score (nSPS) is 16.0. The van der Waals surface area contributed by atoms with Crippen molar-refractivity contribution in [2.45, 2.75) is 125 Å². The van der Waals surface area contributed by atoms with Crippen LogP contribution in [0.25, 0.3) is 0 Å². The van der Waals surface area contributed by atoms with Crippen LogP contribution in [0.15, 0.2) is 10.9 Å². The SMILES string of the molecule is CC[C@H](O[Si](CCC(F)(F)C(F)(F)C(F)(F)C(F)(F)C(F)(F)C(F)(F)C(F)(F)C(F)(F)F)(C(C)C)C(C)C)c1cc(I)[nH]c(=O)c1C. The molecule has 47 heavy (non-hydrogen) atoms. The highest BCUT2D eigenvalue weighted by Gasteiger charge is 2.95. The summed E-state index contributed by atoms with van der Waals surface area (Å²) in [4.78, 5) is 14.7. The molecular weight excluding hydrogens is 824 g/mol. The molecule has 1 heterocycles. The second-order valence-electron chi connectivity index (χ2n) is 11.5. The van der Waals surface area contributed by atoms with Gasteiger partial charge in [0.1, 0.15) is 0 Å². The van der Waals surface area contributed by atoms with E-state index >= 15 is 0 Å². The first-order chi connectivity index (χ1) is 20.6. The third kappa shape index (κ3) is 7.01. The van der Waals surface area contributed by atoms with Gasteiger partial charge in [-0.2, -0.15) is 74.6 Å². The quantitative estimate of drug-likeness (QED) is 0.0827. The summed E-state index contributed by atoms with van der Waals surface area (Å²) >= 11 is 1.72. The fraction of sp³-hybridized carbons (Fsp3) is 0.800. The molecule has 3 nitrogen and oxygen atoms in total. The molecule has 0 radical (unpaired) electrons. The summed E-state index contributed by atoms with van der Waals surface area (Å²) in [5.74, 6) is -56.6. The molecule has 0 unspecified atom stereocenters. The first-order valence-electron chi connectivity index (χ1n) is 13.4. The number of nitrogens with one attached hydrogen (secondary N) is 1. The molecular formula is C25H29F17INO2Si. The maximum atomic E-state index is 14.9. The summed E-state index contributed by atoms with van der Waals surface area (Å²) in [6.07, 6.45) is -11.5. The van der Waals surface area contributed by atoms with E-state index in [1.807, 2.05) is 0 Å². The highest BCUT2D eigenvalue weighted by molar-refractivity contribution is 14.1. The highest BCUT2D eigenvalue weighted by atomic mass is 127. The van der Waals surface area contributed by atoms with Crippen molar-refractivity contribution in [2.24, 2.45) is 0 Å². The Balaban J connectivity index is 3.69. The molecule has 22 heteroatoms. The molecule has 0 aromatic carbocycles. The molecule has 0 aliphatic heterocycles. The molecule has 0 saturated carbocycles. The van der Waals surface area contributed by atoms with Gasteiger partial charge in [0.25, 0.3) is 5.56 Å². The molecule has 0 aliphatic rings. The van der Waals surface area contributed by atoms with Crippen LogP contribution in [0.2, 0.25) is 17.1 Å². The number of H-pyrrole nitrogens is 1. The van der Waals surface area contributed by atoms with Crippen molar-refractivity contribution in [2.75, 3.05) is 0 Å². The van der Waals surface area contributed by atoms with E-state index in [0.29, 0.717) is 0 Å². The lowest BCUT2D eigenvalue weighted by Gasteiger charge is -2.44. The second kappa shape index (κ2) is 13.4. The van der Waals surface area contributed by atoms with Gasteiger partial charge in [0, 0.05) is 12.0 Å². The predicted molar refractivity (Wildman–Crippen MR) is 145 cm³/mol. The molecule has 0 saturated heterocycles. The lowest BCUT2D eigenvalue weighted by Crippen LogP contribution is -2.74. The Bertz CT molecular complexity index is 1300. The predicted octanol–water partition coefficient (Wildman–Crippen LogP) is 10.9. The third-order valence-electron chi connectivity index (χ3n) is 7.94. The Morgan fingerprint density at radius 3 is 1.47 bits per heavy atom. The number of hydrogen-bond donors (Lipinski definition) is 1. The fourth-order valence-corrected chi connectivity index (χ4v) is 10.1. The number of alkyl halides is 17. The van der Waals surface area contributed by atoms with Crippen molar-refractivity contribution in [1.29, 1.82) is 0 Å². The number of pyridine rings is 1. The molecule has 1 N–H and O–H groups in total. The van der Waals surface area contributed by atoms with Crippen LogP contribution in [0.4, 0.5) is 74.6 Å². The van der Waals surface area contributed by atoms with Gasteiger partial charge in [-0.25, -0.2) is 0 Å². The van der Waals surface area contributed by atoms with E-state index < -0.39 is 91.2 Å². The van der Waals surface area contributed by atoms with Gasteiger partial charge in [0.05, 0.1) is 9.80 Å². The molecule has 1 aromatic rings. The van der Waals surface area contributed by atoms with E-state index in [-0.39, 0.29) is 21.2 Å². The second-order valence-corrected chi connectivity index (χ2v) is 17.6. The van der Waals surface area contributed by atoms with Crippen LogP contribution < -0.4 is 5.56 Å². The summed E-state index contributed by atoms with van der Waals surface area (Å²) in [7, 11) is -4.03. The first-order valence-corrected chi connectivity index (χ1v) is 16.7. The van der Waals surface area contributed by atoms with E-state index in [1.54, 1.807) is 22.6 Å². The number of aromatic nitrogens is 1. The number of hydrogen-bond acceptors (Lipinski definition) is 2. The smallest absolute Gasteiger partial charge is 0.409 e. The summed E-state index contributed by atoms with van der Waals surface area (Å²) in [5, 5.41) is 0. The third-order valence-corrected chi connectivity index (χ3v) is 14.2. The standard InChI is InChI=1S/C25H29F17INO2Si/c1-7-15(14-10-16(43)44-17(45)13(14)6)46-47(11(2)3,12(4)5)9-8-18(26,27)19(28,29)20(30,31)21(32,33)22(34,35)23(36,37)24(38,39)25(40,41)42/h10-12,15H,7-9H2,1-6H3,(H,44,45)/t15-/m0/s1. The molecule has 276 valence electrons. The topological polar surface area (TPSA) is 42.1 Å².